The molecule has 2 heterocycles. The smallest absolute Gasteiger partial charge is 0.253 e. The summed E-state index contributed by atoms with van der Waals surface area (Å²) in [4.78, 5) is 14.8. The molecule has 1 fully saturated rings. The highest BCUT2D eigenvalue weighted by Gasteiger charge is 2.33. The van der Waals surface area contributed by atoms with Gasteiger partial charge in [0, 0.05) is 24.7 Å². The molecule has 1 N–H and O–H groups in total. The van der Waals surface area contributed by atoms with Crippen molar-refractivity contribution in [2.24, 2.45) is 5.92 Å². The molecule has 1 unspecified atom stereocenters. The van der Waals surface area contributed by atoms with Gasteiger partial charge in [-0.3, -0.25) is 9.10 Å². The zero-order valence-corrected chi connectivity index (χ0v) is 16.7. The first-order chi connectivity index (χ1) is 12.3. The van der Waals surface area contributed by atoms with Crippen molar-refractivity contribution < 1.29 is 13.2 Å². The number of likely N-dealkylation sites (tertiary alicyclic amines) is 1. The van der Waals surface area contributed by atoms with Crippen molar-refractivity contribution in [1.29, 1.82) is 0 Å². The molecule has 1 atom stereocenters. The molecule has 6 nitrogen and oxygen atoms in total. The molecule has 2 aliphatic heterocycles. The summed E-state index contributed by atoms with van der Waals surface area (Å²) in [5.74, 6) is 0.751. The Morgan fingerprint density at radius 1 is 1.27 bits per heavy atom. The van der Waals surface area contributed by atoms with Crippen molar-refractivity contribution >= 4 is 21.6 Å². The number of amides is 1. The topological polar surface area (TPSA) is 69.7 Å². The maximum atomic E-state index is 12.9. The summed E-state index contributed by atoms with van der Waals surface area (Å²) >= 11 is 0. The third-order valence-corrected chi connectivity index (χ3v) is 6.81. The number of rotatable bonds is 5. The van der Waals surface area contributed by atoms with Gasteiger partial charge < -0.3 is 10.2 Å². The van der Waals surface area contributed by atoms with Gasteiger partial charge in [-0.25, -0.2) is 8.42 Å². The largest absolute Gasteiger partial charge is 0.339 e. The molecule has 0 aliphatic carbocycles. The van der Waals surface area contributed by atoms with E-state index < -0.39 is 10.0 Å². The van der Waals surface area contributed by atoms with Crippen molar-refractivity contribution in [3.8, 4) is 0 Å². The van der Waals surface area contributed by atoms with E-state index in [0.717, 1.165) is 44.5 Å². The lowest BCUT2D eigenvalue weighted by atomic mass is 9.93. The summed E-state index contributed by atoms with van der Waals surface area (Å²) < 4.78 is 25.5. The van der Waals surface area contributed by atoms with Crippen molar-refractivity contribution in [3.05, 3.63) is 29.3 Å². The van der Waals surface area contributed by atoms with Crippen LogP contribution in [-0.4, -0.2) is 58.2 Å². The highest BCUT2D eigenvalue weighted by molar-refractivity contribution is 7.92. The van der Waals surface area contributed by atoms with E-state index in [1.807, 2.05) is 24.9 Å². The minimum absolute atomic E-state index is 0.0605. The van der Waals surface area contributed by atoms with Crippen molar-refractivity contribution in [3.63, 3.8) is 0 Å². The Morgan fingerprint density at radius 2 is 1.96 bits per heavy atom. The number of carbonyl (C=O) groups is 1. The zero-order chi connectivity index (χ0) is 18.9. The van der Waals surface area contributed by atoms with Crippen LogP contribution in [-0.2, 0) is 16.4 Å². The van der Waals surface area contributed by atoms with Gasteiger partial charge in [0.05, 0.1) is 11.9 Å². The van der Waals surface area contributed by atoms with E-state index in [1.54, 1.807) is 12.1 Å². The van der Waals surface area contributed by atoms with Gasteiger partial charge in [0.1, 0.15) is 0 Å². The Balaban J connectivity index is 1.70. The van der Waals surface area contributed by atoms with Crippen LogP contribution < -0.4 is 9.62 Å². The highest BCUT2D eigenvalue weighted by atomic mass is 32.2. The lowest BCUT2D eigenvalue weighted by molar-refractivity contribution is 0.0687. The Hall–Kier alpha value is -1.60. The molecule has 1 aromatic carbocycles. The van der Waals surface area contributed by atoms with E-state index in [4.69, 9.17) is 0 Å². The number of benzene rings is 1. The van der Waals surface area contributed by atoms with Crippen LogP contribution in [0.3, 0.4) is 0 Å². The van der Waals surface area contributed by atoms with Crippen LogP contribution in [0, 0.1) is 5.92 Å². The summed E-state index contributed by atoms with van der Waals surface area (Å²) in [5.41, 5.74) is 2.32. The summed E-state index contributed by atoms with van der Waals surface area (Å²) in [5, 5.41) is 3.19. The van der Waals surface area contributed by atoms with Crippen LogP contribution in [0.2, 0.25) is 0 Å². The Labute approximate surface area is 156 Å². The minimum Gasteiger partial charge on any atom is -0.339 e. The molecule has 2 aliphatic rings. The van der Waals surface area contributed by atoms with E-state index >= 15 is 0 Å². The lowest BCUT2D eigenvalue weighted by Gasteiger charge is -2.32. The Morgan fingerprint density at radius 3 is 2.58 bits per heavy atom. The van der Waals surface area contributed by atoms with E-state index in [-0.39, 0.29) is 11.9 Å². The fraction of sp³-hybridized carbons (Fsp3) is 0.632. The second kappa shape index (κ2) is 7.56. The van der Waals surface area contributed by atoms with Gasteiger partial charge in [-0.1, -0.05) is 0 Å². The van der Waals surface area contributed by atoms with Crippen molar-refractivity contribution in [2.45, 2.75) is 38.6 Å². The predicted octanol–water partition coefficient (Wildman–Crippen LogP) is 1.86. The molecule has 0 spiro atoms. The molecule has 0 bridgehead atoms. The molecular formula is C19H29N3O3S. The monoisotopic (exact) mass is 379 g/mol. The van der Waals surface area contributed by atoms with Crippen LogP contribution in [0.5, 0.6) is 0 Å². The first-order valence-electron chi connectivity index (χ1n) is 9.37. The molecule has 0 aromatic heterocycles. The summed E-state index contributed by atoms with van der Waals surface area (Å²) in [6.07, 6.45) is 5.15. The number of nitrogens with one attached hydrogen (secondary N) is 1. The molecule has 7 heteroatoms. The van der Waals surface area contributed by atoms with Gasteiger partial charge in [-0.15, -0.1) is 0 Å². The number of anilines is 1. The number of hydrogen-bond acceptors (Lipinski definition) is 4. The maximum absolute atomic E-state index is 12.9. The number of piperidine rings is 1. The first kappa shape index (κ1) is 19.2. The zero-order valence-electron chi connectivity index (χ0n) is 15.9. The number of fused-ring (bicyclic) bond motifs is 1. The molecule has 0 saturated carbocycles. The van der Waals surface area contributed by atoms with Gasteiger partial charge in [-0.05, 0) is 75.9 Å². The first-order valence-corrected chi connectivity index (χ1v) is 11.2. The van der Waals surface area contributed by atoms with Gasteiger partial charge in [-0.2, -0.15) is 0 Å². The highest BCUT2D eigenvalue weighted by Crippen LogP contribution is 2.35. The van der Waals surface area contributed by atoms with E-state index in [1.165, 1.54) is 10.6 Å². The van der Waals surface area contributed by atoms with Crippen LogP contribution in [0.1, 0.15) is 42.1 Å². The summed E-state index contributed by atoms with van der Waals surface area (Å²) in [6, 6.07) is 5.33. The molecule has 1 amide bonds. The van der Waals surface area contributed by atoms with Crippen molar-refractivity contribution in [2.75, 3.05) is 37.2 Å². The number of carbonyl (C=O) groups excluding carboxylic acids is 1. The van der Waals surface area contributed by atoms with E-state index in [2.05, 4.69) is 5.32 Å². The standard InChI is InChI=1S/C19H29N3O3S/c1-14-12-17-13-16(4-5-18(17)22(14)26(3,24)25)19(23)21-10-7-15(8-11-21)6-9-20-2/h4-5,13-15,20H,6-12H2,1-3H3. The average molecular weight is 380 g/mol. The maximum Gasteiger partial charge on any atom is 0.253 e. The second-order valence-corrected chi connectivity index (χ2v) is 9.44. The van der Waals surface area contributed by atoms with Gasteiger partial charge in [0.2, 0.25) is 10.0 Å². The van der Waals surface area contributed by atoms with Gasteiger partial charge in [0.25, 0.3) is 5.91 Å². The third-order valence-electron chi connectivity index (χ3n) is 5.54. The Bertz CT molecular complexity index is 770. The van der Waals surface area contributed by atoms with Crippen LogP contribution in [0.15, 0.2) is 18.2 Å². The quantitative estimate of drug-likeness (QED) is 0.848. The third kappa shape index (κ3) is 3.88. The normalized spacial score (nSPS) is 21.1. The summed E-state index contributed by atoms with van der Waals surface area (Å²) in [7, 11) is -1.33. The molecule has 1 saturated heterocycles. The molecule has 144 valence electrons. The number of sulfonamides is 1. The Kier molecular flexibility index (Phi) is 5.58. The number of nitrogens with zero attached hydrogens (tertiary/aromatic N) is 2. The molecule has 26 heavy (non-hydrogen) atoms. The van der Waals surface area contributed by atoms with Crippen LogP contribution in [0.25, 0.3) is 0 Å². The lowest BCUT2D eigenvalue weighted by Crippen LogP contribution is -2.39. The number of hydrogen-bond donors (Lipinski definition) is 1. The average Bonchev–Trinajstić information content (AvgIpc) is 2.94. The van der Waals surface area contributed by atoms with E-state index in [9.17, 15) is 13.2 Å². The van der Waals surface area contributed by atoms with Gasteiger partial charge >= 0.3 is 0 Å². The molecule has 3 rings (SSSR count). The van der Waals surface area contributed by atoms with E-state index in [0.29, 0.717) is 23.6 Å². The predicted molar refractivity (Wildman–Crippen MR) is 104 cm³/mol. The summed E-state index contributed by atoms with van der Waals surface area (Å²) in [6.45, 7) is 4.53. The minimum atomic E-state index is -3.30. The molecular weight excluding hydrogens is 350 g/mol. The van der Waals surface area contributed by atoms with Crippen molar-refractivity contribution in [1.82, 2.24) is 10.2 Å². The molecule has 1 aromatic rings. The SMILES string of the molecule is CNCCC1CCN(C(=O)c2ccc3c(c2)CC(C)N3S(C)(=O)=O)CC1. The fourth-order valence-corrected chi connectivity index (χ4v) is 5.46. The molecule has 0 radical (unpaired) electrons. The van der Waals surface area contributed by atoms with Gasteiger partial charge in [0.15, 0.2) is 0 Å². The second-order valence-electron chi connectivity index (χ2n) is 7.58. The van der Waals surface area contributed by atoms with Crippen LogP contribution >= 0.6 is 0 Å². The van der Waals surface area contributed by atoms with Crippen LogP contribution in [0.4, 0.5) is 5.69 Å². The fourth-order valence-electron chi connectivity index (χ4n) is 4.20.